The number of hydrogen-bond acceptors (Lipinski definition) is 5. The molecule has 196 valence electrons. The molecule has 1 aliphatic heterocycles. The van der Waals surface area contributed by atoms with E-state index >= 15 is 0 Å². The molecular formula is C28H35N5O4. The van der Waals surface area contributed by atoms with Gasteiger partial charge < -0.3 is 20.3 Å². The van der Waals surface area contributed by atoms with Crippen LogP contribution in [0.1, 0.15) is 47.1 Å². The summed E-state index contributed by atoms with van der Waals surface area (Å²) in [7, 11) is 1.50. The normalized spacial score (nSPS) is 13.5. The van der Waals surface area contributed by atoms with Crippen molar-refractivity contribution in [3.63, 3.8) is 0 Å². The fourth-order valence-corrected chi connectivity index (χ4v) is 3.95. The second-order valence-corrected chi connectivity index (χ2v) is 9.31. The van der Waals surface area contributed by atoms with Gasteiger partial charge in [-0.15, -0.1) is 0 Å². The van der Waals surface area contributed by atoms with E-state index in [4.69, 9.17) is 4.74 Å². The van der Waals surface area contributed by atoms with Gasteiger partial charge in [0.1, 0.15) is 5.75 Å². The molecule has 9 heteroatoms. The highest BCUT2D eigenvalue weighted by atomic mass is 16.5. The lowest BCUT2D eigenvalue weighted by molar-refractivity contribution is 0.0628. The molecule has 0 unspecified atom stereocenters. The predicted octanol–water partition coefficient (Wildman–Crippen LogP) is 3.97. The Morgan fingerprint density at radius 3 is 2.38 bits per heavy atom. The summed E-state index contributed by atoms with van der Waals surface area (Å²) in [5.41, 5.74) is 4.15. The van der Waals surface area contributed by atoms with Crippen LogP contribution in [0.25, 0.3) is 0 Å². The Balaban J connectivity index is 1.57. The van der Waals surface area contributed by atoms with Crippen LogP contribution in [0.3, 0.4) is 0 Å². The van der Waals surface area contributed by atoms with Crippen molar-refractivity contribution >= 4 is 29.2 Å². The van der Waals surface area contributed by atoms with Gasteiger partial charge >= 0.3 is 6.03 Å². The van der Waals surface area contributed by atoms with E-state index in [9.17, 15) is 14.4 Å². The number of anilines is 1. The van der Waals surface area contributed by atoms with Crippen molar-refractivity contribution in [1.82, 2.24) is 15.1 Å². The van der Waals surface area contributed by atoms with Gasteiger partial charge in [-0.05, 0) is 56.7 Å². The summed E-state index contributed by atoms with van der Waals surface area (Å²) in [6, 6.07) is 12.2. The smallest absolute Gasteiger partial charge is 0.319 e. The first-order valence-electron chi connectivity index (χ1n) is 12.2. The van der Waals surface area contributed by atoms with E-state index in [1.54, 1.807) is 38.1 Å². The summed E-state index contributed by atoms with van der Waals surface area (Å²) in [6.45, 7) is 12.9. The molecule has 1 aliphatic rings. The van der Waals surface area contributed by atoms with Crippen LogP contribution in [0.4, 0.5) is 10.5 Å². The van der Waals surface area contributed by atoms with Crippen LogP contribution in [0.2, 0.25) is 0 Å². The number of piperazine rings is 1. The standard InChI is InChI=1S/C28H35N5O4/c1-19(2)17-29-28(36)31-24-10-9-23(16-25(24)37-5)27(35)33-13-11-32(12-14-33)18-21-7-6-8-22(15-21)26(34)30-20(3)4/h6-10,15-16H,1,11-14,17-18H2,2-5H3,(H2,29,31,36). The monoisotopic (exact) mass is 505 g/mol. The third-order valence-electron chi connectivity index (χ3n) is 5.81. The molecule has 0 atom stereocenters. The molecule has 0 radical (unpaired) electrons. The van der Waals surface area contributed by atoms with Gasteiger partial charge in [-0.3, -0.25) is 14.5 Å². The number of methoxy groups -OCH3 is 1. The van der Waals surface area contributed by atoms with E-state index in [0.717, 1.165) is 29.9 Å². The Morgan fingerprint density at radius 2 is 1.73 bits per heavy atom. The largest absolute Gasteiger partial charge is 0.495 e. The summed E-state index contributed by atoms with van der Waals surface area (Å²) in [5, 5.41) is 5.44. The Hall–Kier alpha value is -3.98. The van der Waals surface area contributed by atoms with E-state index < -0.39 is 0 Å². The second-order valence-electron chi connectivity index (χ2n) is 9.31. The molecule has 0 aromatic heterocycles. The molecule has 2 aromatic rings. The van der Waals surface area contributed by atoms with Crippen LogP contribution in [0.15, 0.2) is 59.6 Å². The highest BCUT2D eigenvalue weighted by Gasteiger charge is 2.23. The van der Waals surface area contributed by atoms with Crippen molar-refractivity contribution in [3.05, 3.63) is 71.3 Å². The number of nitrogens with zero attached hydrogens (tertiary/aromatic N) is 3. The first kappa shape index (κ1) is 27.6. The molecule has 9 nitrogen and oxygen atoms in total. The third-order valence-corrected chi connectivity index (χ3v) is 5.81. The number of urea groups is 1. The Kier molecular flexibility index (Phi) is 9.57. The van der Waals surface area contributed by atoms with Crippen LogP contribution in [-0.4, -0.2) is 73.2 Å². The van der Waals surface area contributed by atoms with Crippen molar-refractivity contribution in [2.75, 3.05) is 45.2 Å². The van der Waals surface area contributed by atoms with E-state index in [0.29, 0.717) is 48.7 Å². The fourth-order valence-electron chi connectivity index (χ4n) is 3.95. The molecule has 0 saturated carbocycles. The Bertz CT molecular complexity index is 1190. The maximum Gasteiger partial charge on any atom is 0.319 e. The minimum atomic E-state index is -0.375. The second kappa shape index (κ2) is 12.8. The van der Waals surface area contributed by atoms with Crippen LogP contribution < -0.4 is 15.4 Å². The Labute approximate surface area is 218 Å². The zero-order valence-corrected chi connectivity index (χ0v) is 22.0. The number of hydrogen-bond donors (Lipinski definition) is 2. The zero-order valence-electron chi connectivity index (χ0n) is 22.0. The van der Waals surface area contributed by atoms with Gasteiger partial charge in [-0.2, -0.15) is 0 Å². The first-order valence-corrected chi connectivity index (χ1v) is 12.2. The quantitative estimate of drug-likeness (QED) is 0.417. The highest BCUT2D eigenvalue weighted by Crippen LogP contribution is 2.26. The summed E-state index contributed by atoms with van der Waals surface area (Å²) in [4.78, 5) is 45.6. The molecule has 0 bridgehead atoms. The number of carbonyl (C=O) groups is 3. The van der Waals surface area contributed by atoms with Crippen molar-refractivity contribution in [3.8, 4) is 5.75 Å². The van der Waals surface area contributed by atoms with Crippen molar-refractivity contribution in [1.29, 1.82) is 0 Å². The molecule has 2 aromatic carbocycles. The topological polar surface area (TPSA) is 103 Å². The van der Waals surface area contributed by atoms with Crippen molar-refractivity contribution < 1.29 is 19.1 Å². The number of aliphatic imine (C=N–C) groups is 1. The molecule has 37 heavy (non-hydrogen) atoms. The first-order chi connectivity index (χ1) is 17.7. The van der Waals surface area contributed by atoms with Crippen LogP contribution in [0, 0.1) is 0 Å². The molecule has 3 rings (SSSR count). The van der Waals surface area contributed by atoms with Gasteiger partial charge in [-0.25, -0.2) is 9.79 Å². The van der Waals surface area contributed by atoms with Gasteiger partial charge in [-0.1, -0.05) is 24.3 Å². The van der Waals surface area contributed by atoms with Crippen LogP contribution in [0.5, 0.6) is 5.75 Å². The zero-order chi connectivity index (χ0) is 26.9. The van der Waals surface area contributed by atoms with Crippen LogP contribution >= 0.6 is 0 Å². The third kappa shape index (κ3) is 8.01. The maximum atomic E-state index is 13.1. The number of amides is 4. The molecule has 1 saturated heterocycles. The summed E-state index contributed by atoms with van der Waals surface area (Å²) in [6.07, 6.45) is 0. The molecule has 2 N–H and O–H groups in total. The van der Waals surface area contributed by atoms with Gasteiger partial charge in [0.15, 0.2) is 0 Å². The van der Waals surface area contributed by atoms with Crippen molar-refractivity contribution in [2.24, 2.45) is 4.99 Å². The lowest BCUT2D eigenvalue weighted by Crippen LogP contribution is -2.48. The summed E-state index contributed by atoms with van der Waals surface area (Å²) in [5.74, 6) is 0.0880. The minimum Gasteiger partial charge on any atom is -0.495 e. The van der Waals surface area contributed by atoms with Gasteiger partial charge in [0.25, 0.3) is 11.8 Å². The molecule has 1 heterocycles. The van der Waals surface area contributed by atoms with E-state index in [-0.39, 0.29) is 17.8 Å². The molecular weight excluding hydrogens is 470 g/mol. The van der Waals surface area contributed by atoms with E-state index in [1.165, 1.54) is 7.11 Å². The van der Waals surface area contributed by atoms with Crippen LogP contribution in [-0.2, 0) is 6.54 Å². The summed E-state index contributed by atoms with van der Waals surface area (Å²) < 4.78 is 5.41. The van der Waals surface area contributed by atoms with E-state index in [1.807, 2.05) is 30.0 Å². The Morgan fingerprint density at radius 1 is 1.00 bits per heavy atom. The number of rotatable bonds is 8. The average molecular weight is 506 g/mol. The fraction of sp³-hybridized carbons (Fsp3) is 0.357. The molecule has 0 spiro atoms. The minimum absolute atomic E-state index is 0.0865. The molecule has 0 aliphatic carbocycles. The van der Waals surface area contributed by atoms with Gasteiger partial charge in [0.05, 0.1) is 12.8 Å². The molecule has 1 fully saturated rings. The van der Waals surface area contributed by atoms with Gasteiger partial charge in [0.2, 0.25) is 0 Å². The maximum absolute atomic E-state index is 13.1. The average Bonchev–Trinajstić information content (AvgIpc) is 2.87. The number of ether oxygens (including phenoxy) is 1. The molecule has 4 amide bonds. The lowest BCUT2D eigenvalue weighted by Gasteiger charge is -2.35. The lowest BCUT2D eigenvalue weighted by atomic mass is 10.1. The number of carbonyl (C=O) groups excluding carboxylic acids is 3. The highest BCUT2D eigenvalue weighted by molar-refractivity contribution is 6.02. The number of benzene rings is 2. The van der Waals surface area contributed by atoms with E-state index in [2.05, 4.69) is 27.1 Å². The van der Waals surface area contributed by atoms with Crippen molar-refractivity contribution in [2.45, 2.75) is 27.3 Å². The SMILES string of the molecule is C=C(C)CNC(=O)Nc1ccc(C(=O)N2CCN(Cc3cccc(C(=O)N=C(C)C)c3)CC2)cc1OC. The summed E-state index contributed by atoms with van der Waals surface area (Å²) >= 11 is 0. The number of nitrogens with one attached hydrogen (secondary N) is 2. The van der Waals surface area contributed by atoms with Gasteiger partial charge in [0, 0.05) is 56.1 Å². The predicted molar refractivity (Wildman–Crippen MR) is 146 cm³/mol.